The molecule has 1 aromatic rings. The van der Waals surface area contributed by atoms with Crippen LogP contribution in [-0.4, -0.2) is 41.8 Å². The van der Waals surface area contributed by atoms with E-state index in [1.807, 2.05) is 0 Å². The van der Waals surface area contributed by atoms with Gasteiger partial charge in [0.15, 0.2) is 0 Å². The predicted octanol–water partition coefficient (Wildman–Crippen LogP) is 1.37. The van der Waals surface area contributed by atoms with Gasteiger partial charge in [0.1, 0.15) is 0 Å². The average Bonchev–Trinajstić information content (AvgIpc) is 3.08. The zero-order valence-corrected chi connectivity index (χ0v) is 12.5. The van der Waals surface area contributed by atoms with Crippen molar-refractivity contribution in [3.05, 3.63) is 24.3 Å². The van der Waals surface area contributed by atoms with Gasteiger partial charge in [0.25, 0.3) is 5.91 Å². The Morgan fingerprint density at radius 3 is 2.36 bits per heavy atom. The smallest absolute Gasteiger partial charge is 0.251 e. The molecule has 3 amide bonds. The van der Waals surface area contributed by atoms with Crippen LogP contribution in [0.3, 0.4) is 0 Å². The Bertz CT molecular complexity index is 606. The Morgan fingerprint density at radius 1 is 1.14 bits per heavy atom. The van der Waals surface area contributed by atoms with Crippen LogP contribution in [0.25, 0.3) is 0 Å². The molecule has 2 aliphatic heterocycles. The molecule has 2 aliphatic rings. The van der Waals surface area contributed by atoms with Gasteiger partial charge in [0.05, 0.1) is 18.2 Å². The van der Waals surface area contributed by atoms with Gasteiger partial charge in [-0.15, -0.1) is 0 Å². The summed E-state index contributed by atoms with van der Waals surface area (Å²) >= 11 is 0. The van der Waals surface area contributed by atoms with Crippen molar-refractivity contribution in [1.82, 2.24) is 4.90 Å². The molecule has 6 heteroatoms. The number of carbonyl (C=O) groups excluding carboxylic acids is 3. The number of anilines is 2. The summed E-state index contributed by atoms with van der Waals surface area (Å²) in [4.78, 5) is 39.2. The van der Waals surface area contributed by atoms with E-state index in [2.05, 4.69) is 10.2 Å². The molecule has 2 heterocycles. The summed E-state index contributed by atoms with van der Waals surface area (Å²) < 4.78 is 0. The molecule has 1 N–H and O–H groups in total. The standard InChI is InChI=1S/C16H19N3O3/c1-11(20)17-12-4-6-13(7-5-12)19-15(21)10-14(16(19)22)18-8-2-3-9-18/h4-7,14H,2-3,8-10H2,1H3,(H,17,20)/t14-/m0/s1. The van der Waals surface area contributed by atoms with Crippen molar-refractivity contribution in [3.8, 4) is 0 Å². The molecule has 1 aromatic carbocycles. The van der Waals surface area contributed by atoms with E-state index in [0.29, 0.717) is 11.4 Å². The minimum atomic E-state index is -0.315. The molecule has 116 valence electrons. The number of nitrogens with one attached hydrogen (secondary N) is 1. The Kier molecular flexibility index (Phi) is 3.94. The number of rotatable bonds is 3. The molecule has 2 fully saturated rings. The Balaban J connectivity index is 1.77. The summed E-state index contributed by atoms with van der Waals surface area (Å²) in [6.45, 7) is 3.21. The van der Waals surface area contributed by atoms with E-state index in [1.54, 1.807) is 24.3 Å². The third kappa shape index (κ3) is 2.74. The predicted molar refractivity (Wildman–Crippen MR) is 82.5 cm³/mol. The van der Waals surface area contributed by atoms with Gasteiger partial charge in [-0.25, -0.2) is 4.90 Å². The molecule has 0 unspecified atom stereocenters. The second kappa shape index (κ2) is 5.88. The molecule has 0 bridgehead atoms. The minimum absolute atomic E-state index is 0.140. The lowest BCUT2D eigenvalue weighted by Crippen LogP contribution is -2.40. The van der Waals surface area contributed by atoms with Gasteiger partial charge in [-0.05, 0) is 50.2 Å². The van der Waals surface area contributed by atoms with Gasteiger partial charge in [0, 0.05) is 12.6 Å². The topological polar surface area (TPSA) is 69.7 Å². The molecule has 3 rings (SSSR count). The number of carbonyl (C=O) groups is 3. The van der Waals surface area contributed by atoms with E-state index < -0.39 is 0 Å². The zero-order chi connectivity index (χ0) is 15.7. The van der Waals surface area contributed by atoms with E-state index in [1.165, 1.54) is 11.8 Å². The van der Waals surface area contributed by atoms with Crippen molar-refractivity contribution in [2.24, 2.45) is 0 Å². The number of benzene rings is 1. The van der Waals surface area contributed by atoms with Crippen LogP contribution in [-0.2, 0) is 14.4 Å². The lowest BCUT2D eigenvalue weighted by molar-refractivity contribution is -0.122. The van der Waals surface area contributed by atoms with Crippen molar-refractivity contribution in [3.63, 3.8) is 0 Å². The summed E-state index contributed by atoms with van der Waals surface area (Å²) in [6.07, 6.45) is 2.43. The number of imide groups is 1. The fourth-order valence-corrected chi connectivity index (χ4v) is 3.12. The number of likely N-dealkylation sites (tertiary alicyclic amines) is 1. The monoisotopic (exact) mass is 301 g/mol. The van der Waals surface area contributed by atoms with Gasteiger partial charge in [-0.1, -0.05) is 0 Å². The average molecular weight is 301 g/mol. The molecule has 6 nitrogen and oxygen atoms in total. The number of hydrogen-bond donors (Lipinski definition) is 1. The molecule has 1 atom stereocenters. The summed E-state index contributed by atoms with van der Waals surface area (Å²) in [7, 11) is 0. The molecule has 0 saturated carbocycles. The highest BCUT2D eigenvalue weighted by Gasteiger charge is 2.43. The van der Waals surface area contributed by atoms with Crippen molar-refractivity contribution in [2.45, 2.75) is 32.2 Å². The Labute approximate surface area is 129 Å². The van der Waals surface area contributed by atoms with E-state index in [-0.39, 0.29) is 30.2 Å². The first-order valence-corrected chi connectivity index (χ1v) is 7.55. The lowest BCUT2D eigenvalue weighted by Gasteiger charge is -2.21. The summed E-state index contributed by atoms with van der Waals surface area (Å²) in [5.74, 6) is -0.455. The maximum absolute atomic E-state index is 12.6. The quantitative estimate of drug-likeness (QED) is 0.856. The van der Waals surface area contributed by atoms with Gasteiger partial charge in [-0.3, -0.25) is 19.3 Å². The zero-order valence-electron chi connectivity index (χ0n) is 12.5. The largest absolute Gasteiger partial charge is 0.326 e. The van der Waals surface area contributed by atoms with Crippen LogP contribution in [0.15, 0.2) is 24.3 Å². The highest BCUT2D eigenvalue weighted by molar-refractivity contribution is 6.22. The van der Waals surface area contributed by atoms with E-state index in [0.717, 1.165) is 25.9 Å². The van der Waals surface area contributed by atoms with Crippen molar-refractivity contribution < 1.29 is 14.4 Å². The van der Waals surface area contributed by atoms with Crippen LogP contribution in [0, 0.1) is 0 Å². The molecule has 0 aliphatic carbocycles. The van der Waals surface area contributed by atoms with E-state index >= 15 is 0 Å². The molecule has 2 saturated heterocycles. The summed E-state index contributed by atoms with van der Waals surface area (Å²) in [6, 6.07) is 6.45. The molecule has 0 aromatic heterocycles. The molecular weight excluding hydrogens is 282 g/mol. The fourth-order valence-electron chi connectivity index (χ4n) is 3.12. The maximum Gasteiger partial charge on any atom is 0.251 e. The second-order valence-corrected chi connectivity index (χ2v) is 5.76. The fraction of sp³-hybridized carbons (Fsp3) is 0.438. The third-order valence-electron chi connectivity index (χ3n) is 4.15. The lowest BCUT2D eigenvalue weighted by atomic mass is 10.2. The maximum atomic E-state index is 12.6. The van der Waals surface area contributed by atoms with Crippen molar-refractivity contribution in [2.75, 3.05) is 23.3 Å². The van der Waals surface area contributed by atoms with Crippen LogP contribution in [0.5, 0.6) is 0 Å². The van der Waals surface area contributed by atoms with Crippen LogP contribution in [0.1, 0.15) is 26.2 Å². The summed E-state index contributed by atoms with van der Waals surface area (Å²) in [5.41, 5.74) is 1.21. The highest BCUT2D eigenvalue weighted by atomic mass is 16.2. The third-order valence-corrected chi connectivity index (χ3v) is 4.15. The molecular formula is C16H19N3O3. The first-order chi connectivity index (χ1) is 10.6. The van der Waals surface area contributed by atoms with Crippen LogP contribution in [0.2, 0.25) is 0 Å². The van der Waals surface area contributed by atoms with E-state index in [9.17, 15) is 14.4 Å². The number of hydrogen-bond acceptors (Lipinski definition) is 4. The van der Waals surface area contributed by atoms with Gasteiger partial charge < -0.3 is 5.32 Å². The van der Waals surface area contributed by atoms with Crippen LogP contribution >= 0.6 is 0 Å². The van der Waals surface area contributed by atoms with Crippen molar-refractivity contribution >= 4 is 29.1 Å². The number of amides is 3. The van der Waals surface area contributed by atoms with Gasteiger partial charge in [-0.2, -0.15) is 0 Å². The van der Waals surface area contributed by atoms with Gasteiger partial charge >= 0.3 is 0 Å². The van der Waals surface area contributed by atoms with E-state index in [4.69, 9.17) is 0 Å². The number of nitrogens with zero attached hydrogens (tertiary/aromatic N) is 2. The Morgan fingerprint density at radius 2 is 1.77 bits per heavy atom. The normalized spacial score (nSPS) is 22.4. The molecule has 0 radical (unpaired) electrons. The van der Waals surface area contributed by atoms with Gasteiger partial charge in [0.2, 0.25) is 11.8 Å². The minimum Gasteiger partial charge on any atom is -0.326 e. The molecule has 0 spiro atoms. The first-order valence-electron chi connectivity index (χ1n) is 7.55. The first kappa shape index (κ1) is 14.7. The SMILES string of the molecule is CC(=O)Nc1ccc(N2C(=O)C[C@H](N3CCCC3)C2=O)cc1. The second-order valence-electron chi connectivity index (χ2n) is 5.76. The molecule has 22 heavy (non-hydrogen) atoms. The van der Waals surface area contributed by atoms with Crippen LogP contribution in [0.4, 0.5) is 11.4 Å². The summed E-state index contributed by atoms with van der Waals surface area (Å²) in [5, 5.41) is 2.66. The highest BCUT2D eigenvalue weighted by Crippen LogP contribution is 2.28. The van der Waals surface area contributed by atoms with Crippen LogP contribution < -0.4 is 10.2 Å². The Hall–Kier alpha value is -2.21. The van der Waals surface area contributed by atoms with Crippen molar-refractivity contribution in [1.29, 1.82) is 0 Å².